The molecule has 0 aromatic heterocycles. The third-order valence-corrected chi connectivity index (χ3v) is 17.0. The summed E-state index contributed by atoms with van der Waals surface area (Å²) in [4.78, 5) is 28.7. The Hall–Kier alpha value is -4.12. The molecule has 1 unspecified atom stereocenters. The number of hydrogen-bond acceptors (Lipinski definition) is 12. The lowest BCUT2D eigenvalue weighted by molar-refractivity contribution is 0.0183. The Kier molecular flexibility index (Phi) is 17.8. The van der Waals surface area contributed by atoms with Gasteiger partial charge >= 0.3 is 12.2 Å². The molecule has 67 heavy (non-hydrogen) atoms. The number of carbonyl (C=O) groups is 2. The van der Waals surface area contributed by atoms with Crippen LogP contribution in [0.3, 0.4) is 0 Å². The summed E-state index contributed by atoms with van der Waals surface area (Å²) < 4.78 is 80.7. The van der Waals surface area contributed by atoms with E-state index in [4.69, 9.17) is 55.9 Å². The van der Waals surface area contributed by atoms with E-state index in [1.807, 2.05) is 12.1 Å². The molecule has 0 radical (unpaired) electrons. The van der Waals surface area contributed by atoms with Crippen LogP contribution in [0.15, 0.2) is 102 Å². The maximum Gasteiger partial charge on any atom is 0.410 e. The van der Waals surface area contributed by atoms with Crippen molar-refractivity contribution in [2.45, 2.75) is 82.1 Å². The lowest BCUT2D eigenvalue weighted by atomic mass is 10.2. The summed E-state index contributed by atoms with van der Waals surface area (Å²) >= 11 is 25.4. The quantitative estimate of drug-likeness (QED) is 0.162. The van der Waals surface area contributed by atoms with Gasteiger partial charge in [-0.1, -0.05) is 58.2 Å². The number of amides is 2. The molecule has 0 aliphatic carbocycles. The Morgan fingerprint density at radius 2 is 0.985 bits per heavy atom. The summed E-state index contributed by atoms with van der Waals surface area (Å²) in [5.41, 5.74) is -0.960. The van der Waals surface area contributed by atoms with E-state index in [1.165, 1.54) is 72.6 Å². The van der Waals surface area contributed by atoms with Crippen LogP contribution in [0.25, 0.3) is 0 Å². The van der Waals surface area contributed by atoms with Crippen LogP contribution in [0.5, 0.6) is 0 Å². The largest absolute Gasteiger partial charge is 0.444 e. The molecule has 15 nitrogen and oxygen atoms in total. The van der Waals surface area contributed by atoms with Crippen LogP contribution in [0.2, 0.25) is 20.1 Å². The minimum absolute atomic E-state index is 0.00639. The van der Waals surface area contributed by atoms with Crippen LogP contribution in [0.4, 0.5) is 9.59 Å². The molecule has 2 aliphatic rings. The summed E-state index contributed by atoms with van der Waals surface area (Å²) in [7, 11) is -10.0. The van der Waals surface area contributed by atoms with Crippen LogP contribution >= 0.6 is 58.2 Å². The van der Waals surface area contributed by atoms with Crippen molar-refractivity contribution in [3.8, 4) is 12.1 Å². The summed E-state index contributed by atoms with van der Waals surface area (Å²) in [6, 6.07) is 21.7. The van der Waals surface area contributed by atoms with E-state index < -0.39 is 54.2 Å². The van der Waals surface area contributed by atoms with Crippen molar-refractivity contribution in [1.29, 1.82) is 10.5 Å². The fourth-order valence-corrected chi connectivity index (χ4v) is 13.8. The Balaban J connectivity index is 0.000000251. The maximum atomic E-state index is 13.5. The third-order valence-electron chi connectivity index (χ3n) is 9.48. The first kappa shape index (κ1) is 53.8. The predicted molar refractivity (Wildman–Crippen MR) is 257 cm³/mol. The third kappa shape index (κ3) is 14.5. The standard InChI is InChI=1S/C22H23Cl2N3O5S2.C22H23Cl2N3O4S2/c1-22(2,3)32-21(28)26-6-8-27(9-7-26)34(30,31)20-10-15(14-25)4-5-19(20)33(29)18-12-16(23)11-17(24)13-18;1-22(2,3)31-21(28)26-6-8-27(9-7-26)33(29,30)20-10-15(14-25)4-5-19(20)32-18-12-16(23)11-17(24)13-18/h4-5,10-13H,6-9H2,1-3H3;4-5,10-13H,6-9H2,1-3H3. The highest BCUT2D eigenvalue weighted by molar-refractivity contribution is 8.00. The predicted octanol–water partition coefficient (Wildman–Crippen LogP) is 9.53. The summed E-state index contributed by atoms with van der Waals surface area (Å²) in [5, 5.41) is 20.0. The molecule has 4 aromatic carbocycles. The lowest BCUT2D eigenvalue weighted by Gasteiger charge is -2.35. The number of carbonyl (C=O) groups excluding carboxylic acids is 2. The number of piperazine rings is 2. The van der Waals surface area contributed by atoms with Gasteiger partial charge in [-0.25, -0.2) is 30.6 Å². The van der Waals surface area contributed by atoms with Gasteiger partial charge in [-0.05, 0) is 114 Å². The van der Waals surface area contributed by atoms with Gasteiger partial charge in [0.1, 0.15) is 16.1 Å². The van der Waals surface area contributed by atoms with Crippen LogP contribution in [0.1, 0.15) is 52.7 Å². The fourth-order valence-electron chi connectivity index (χ4n) is 6.43. The van der Waals surface area contributed by atoms with Gasteiger partial charge in [0.15, 0.2) is 0 Å². The molecule has 0 spiro atoms. The van der Waals surface area contributed by atoms with Crippen LogP contribution < -0.4 is 0 Å². The molecule has 4 aromatic rings. The molecule has 6 rings (SSSR count). The fraction of sp³-hybridized carbons (Fsp3) is 0.364. The van der Waals surface area contributed by atoms with Crippen molar-refractivity contribution in [1.82, 2.24) is 18.4 Å². The average Bonchev–Trinajstić information content (AvgIpc) is 3.24. The van der Waals surface area contributed by atoms with Crippen molar-refractivity contribution in [3.63, 3.8) is 0 Å². The zero-order chi connectivity index (χ0) is 49.6. The van der Waals surface area contributed by atoms with Crippen molar-refractivity contribution in [2.75, 3.05) is 52.4 Å². The highest BCUT2D eigenvalue weighted by Gasteiger charge is 2.36. The molecule has 2 heterocycles. The number of hydrogen-bond donors (Lipinski definition) is 0. The number of rotatable bonds is 8. The number of sulfonamides is 2. The van der Waals surface area contributed by atoms with E-state index in [9.17, 15) is 41.2 Å². The van der Waals surface area contributed by atoms with Crippen LogP contribution in [0, 0.1) is 22.7 Å². The number of nitrogens with zero attached hydrogens (tertiary/aromatic N) is 6. The molecule has 2 fully saturated rings. The van der Waals surface area contributed by atoms with Gasteiger partial charge in [0.05, 0.1) is 43.9 Å². The highest BCUT2D eigenvalue weighted by Crippen LogP contribution is 2.38. The number of benzene rings is 4. The van der Waals surface area contributed by atoms with E-state index >= 15 is 0 Å². The minimum Gasteiger partial charge on any atom is -0.444 e. The first-order valence-corrected chi connectivity index (χ1v) is 26.6. The van der Waals surface area contributed by atoms with Gasteiger partial charge < -0.3 is 19.3 Å². The van der Waals surface area contributed by atoms with Crippen LogP contribution in [-0.4, -0.2) is 115 Å². The zero-order valence-corrected chi connectivity index (χ0v) is 43.4. The van der Waals surface area contributed by atoms with Crippen LogP contribution in [-0.2, 0) is 40.3 Å². The molecule has 358 valence electrons. The normalized spacial score (nSPS) is 15.6. The maximum absolute atomic E-state index is 13.5. The smallest absolute Gasteiger partial charge is 0.410 e. The summed E-state index contributed by atoms with van der Waals surface area (Å²) in [6.45, 7) is 11.5. The molecule has 1 atom stereocenters. The first-order valence-electron chi connectivity index (χ1n) is 20.3. The Morgan fingerprint density at radius 3 is 1.40 bits per heavy atom. The van der Waals surface area contributed by atoms with E-state index in [2.05, 4.69) is 0 Å². The Morgan fingerprint density at radius 1 is 0.597 bits per heavy atom. The van der Waals surface area contributed by atoms with Gasteiger partial charge in [0.25, 0.3) is 0 Å². The SMILES string of the molecule is CC(C)(C)OC(=O)N1CCN(S(=O)(=O)c2cc(C#N)ccc2S(=O)c2cc(Cl)cc(Cl)c2)CC1.CC(C)(C)OC(=O)N1CCN(S(=O)(=O)c2cc(C#N)ccc2Sc2cc(Cl)cc(Cl)c2)CC1. The molecular formula is C44H46Cl4N6O9S4. The number of nitriles is 2. The number of ether oxygens (including phenoxy) is 2. The van der Waals surface area contributed by atoms with Crippen molar-refractivity contribution in [2.24, 2.45) is 0 Å². The van der Waals surface area contributed by atoms with Gasteiger partial charge in [-0.2, -0.15) is 19.1 Å². The molecule has 0 bridgehead atoms. The Bertz CT molecular complexity index is 2820. The second-order valence-electron chi connectivity index (χ2n) is 16.9. The summed E-state index contributed by atoms with van der Waals surface area (Å²) in [5.74, 6) is 0. The first-order chi connectivity index (χ1) is 31.2. The Labute approximate surface area is 418 Å². The van der Waals surface area contributed by atoms with Crippen molar-refractivity contribution < 1.29 is 40.1 Å². The van der Waals surface area contributed by atoms with Gasteiger partial charge in [-0.15, -0.1) is 0 Å². The lowest BCUT2D eigenvalue weighted by Crippen LogP contribution is -2.51. The molecule has 2 saturated heterocycles. The van der Waals surface area contributed by atoms with Gasteiger partial charge in [-0.3, -0.25) is 0 Å². The van der Waals surface area contributed by atoms with E-state index in [0.717, 1.165) is 0 Å². The zero-order valence-electron chi connectivity index (χ0n) is 37.1. The molecule has 0 saturated carbocycles. The second kappa shape index (κ2) is 22.1. The van der Waals surface area contributed by atoms with Crippen molar-refractivity contribution >= 4 is 101 Å². The van der Waals surface area contributed by atoms with Gasteiger partial charge in [0.2, 0.25) is 20.0 Å². The molecule has 0 N–H and O–H groups in total. The summed E-state index contributed by atoms with van der Waals surface area (Å²) in [6.07, 6.45) is -0.990. The topological polar surface area (TPSA) is 198 Å². The van der Waals surface area contributed by atoms with Gasteiger partial charge in [0, 0.05) is 87.1 Å². The molecule has 2 aliphatic heterocycles. The second-order valence-corrected chi connectivity index (χ2v) is 25.0. The van der Waals surface area contributed by atoms with E-state index in [1.54, 1.807) is 71.9 Å². The monoisotopic (exact) mass is 1070 g/mol. The minimum atomic E-state index is -4.14. The molecular weight excluding hydrogens is 1030 g/mol. The van der Waals surface area contributed by atoms with E-state index in [0.29, 0.717) is 19.8 Å². The van der Waals surface area contributed by atoms with E-state index in [-0.39, 0.29) is 93.1 Å². The molecule has 2 amide bonds. The number of halogens is 4. The highest BCUT2D eigenvalue weighted by atomic mass is 35.5. The van der Waals surface area contributed by atoms with Crippen molar-refractivity contribution in [3.05, 3.63) is 104 Å². The molecule has 23 heteroatoms. The average molecular weight is 1070 g/mol.